The van der Waals surface area contributed by atoms with Crippen LogP contribution in [-0.4, -0.2) is 32.8 Å². The Morgan fingerprint density at radius 3 is 3.00 bits per heavy atom. The molecule has 3 heterocycles. The van der Waals surface area contributed by atoms with Gasteiger partial charge in [-0.2, -0.15) is 10.2 Å². The number of hydrogen-bond acceptors (Lipinski definition) is 3. The molecule has 0 unspecified atom stereocenters. The van der Waals surface area contributed by atoms with Crippen LogP contribution in [0, 0.1) is 0 Å². The molecule has 0 aliphatic carbocycles. The Bertz CT molecular complexity index is 560. The Morgan fingerprint density at radius 1 is 1.39 bits per heavy atom. The van der Waals surface area contributed by atoms with Crippen LogP contribution in [-0.2, 0) is 24.1 Å². The fraction of sp³-hybridized carbons (Fsp3) is 0.500. The fourth-order valence-corrected chi connectivity index (χ4v) is 2.88. The largest absolute Gasteiger partial charge is 0.381 e. The lowest BCUT2D eigenvalue weighted by molar-refractivity contribution is 0.145. The van der Waals surface area contributed by atoms with Gasteiger partial charge in [-0.25, -0.2) is 4.68 Å². The molecule has 0 saturated carbocycles. The van der Waals surface area contributed by atoms with Crippen LogP contribution in [0.4, 0.5) is 0 Å². The molecule has 0 atom stereocenters. The van der Waals surface area contributed by atoms with Gasteiger partial charge in [-0.15, -0.1) is 0 Å². The highest BCUT2D eigenvalue weighted by Gasteiger charge is 2.19. The van der Waals surface area contributed by atoms with E-state index >= 15 is 0 Å². The lowest BCUT2D eigenvalue weighted by atomic mass is 10.2. The maximum atomic E-state index is 5.47. The first kappa shape index (κ1) is 11.9. The highest BCUT2D eigenvalue weighted by Crippen LogP contribution is 2.26. The lowest BCUT2D eigenvalue weighted by Crippen LogP contribution is -2.01. The van der Waals surface area contributed by atoms with Gasteiger partial charge in [-0.05, 0) is 22.9 Å². The third-order valence-corrected chi connectivity index (χ3v) is 3.99. The Kier molecular flexibility index (Phi) is 3.22. The average Bonchev–Trinajstić information content (AvgIpc) is 2.88. The molecule has 6 heteroatoms. The predicted octanol–water partition coefficient (Wildman–Crippen LogP) is 1.97. The molecule has 3 rings (SSSR count). The van der Waals surface area contributed by atoms with Gasteiger partial charge in [0, 0.05) is 24.9 Å². The summed E-state index contributed by atoms with van der Waals surface area (Å²) in [4.78, 5) is 0. The standard InChI is InChI=1S/C12H15BrN4O/c1-2-16-8-9(7-14-16)17-12(13)10-3-5-18-6-4-11(10)15-17/h7-8H,2-6H2,1H3. The summed E-state index contributed by atoms with van der Waals surface area (Å²) in [6.07, 6.45) is 5.64. The van der Waals surface area contributed by atoms with Crippen LogP contribution < -0.4 is 0 Å². The Labute approximate surface area is 114 Å². The number of fused-ring (bicyclic) bond motifs is 1. The second-order valence-electron chi connectivity index (χ2n) is 4.29. The number of aromatic nitrogens is 4. The average molecular weight is 311 g/mol. The molecule has 5 nitrogen and oxygen atoms in total. The zero-order valence-electron chi connectivity index (χ0n) is 10.3. The molecule has 0 saturated heterocycles. The van der Waals surface area contributed by atoms with Gasteiger partial charge in [-0.3, -0.25) is 4.68 Å². The minimum atomic E-state index is 0.755. The minimum absolute atomic E-state index is 0.755. The van der Waals surface area contributed by atoms with E-state index in [0.29, 0.717) is 0 Å². The minimum Gasteiger partial charge on any atom is -0.381 e. The second kappa shape index (κ2) is 4.85. The number of hydrogen-bond donors (Lipinski definition) is 0. The molecule has 0 fully saturated rings. The smallest absolute Gasteiger partial charge is 0.113 e. The molecule has 0 amide bonds. The number of nitrogens with zero attached hydrogens (tertiary/aromatic N) is 4. The Morgan fingerprint density at radius 2 is 2.22 bits per heavy atom. The third-order valence-electron chi connectivity index (χ3n) is 3.17. The second-order valence-corrected chi connectivity index (χ2v) is 5.05. The Balaban J connectivity index is 2.02. The van der Waals surface area contributed by atoms with E-state index in [1.165, 1.54) is 5.56 Å². The topological polar surface area (TPSA) is 44.9 Å². The van der Waals surface area contributed by atoms with E-state index < -0.39 is 0 Å². The number of ether oxygens (including phenoxy) is 1. The van der Waals surface area contributed by atoms with E-state index in [1.54, 1.807) is 0 Å². The zero-order chi connectivity index (χ0) is 12.5. The van der Waals surface area contributed by atoms with Crippen molar-refractivity contribution in [2.24, 2.45) is 0 Å². The van der Waals surface area contributed by atoms with Crippen LogP contribution in [0.1, 0.15) is 18.2 Å². The third kappa shape index (κ3) is 1.99. The molecule has 0 radical (unpaired) electrons. The SMILES string of the molecule is CCn1cc(-n2nc3c(c2Br)CCOCC3)cn1. The van der Waals surface area contributed by atoms with Crippen molar-refractivity contribution in [3.8, 4) is 5.69 Å². The van der Waals surface area contributed by atoms with Crippen LogP contribution in [0.2, 0.25) is 0 Å². The van der Waals surface area contributed by atoms with Gasteiger partial charge >= 0.3 is 0 Å². The summed E-state index contributed by atoms with van der Waals surface area (Å²) >= 11 is 3.65. The van der Waals surface area contributed by atoms with Crippen LogP contribution in [0.25, 0.3) is 5.69 Å². The first-order chi connectivity index (χ1) is 8.79. The van der Waals surface area contributed by atoms with Crippen LogP contribution >= 0.6 is 15.9 Å². The van der Waals surface area contributed by atoms with Gasteiger partial charge < -0.3 is 4.74 Å². The van der Waals surface area contributed by atoms with Crippen molar-refractivity contribution < 1.29 is 4.74 Å². The summed E-state index contributed by atoms with van der Waals surface area (Å²) in [5.41, 5.74) is 3.39. The summed E-state index contributed by atoms with van der Waals surface area (Å²) < 4.78 is 10.3. The predicted molar refractivity (Wildman–Crippen MR) is 71.0 cm³/mol. The van der Waals surface area contributed by atoms with Crippen LogP contribution in [0.5, 0.6) is 0 Å². The van der Waals surface area contributed by atoms with E-state index in [9.17, 15) is 0 Å². The summed E-state index contributed by atoms with van der Waals surface area (Å²) in [6.45, 7) is 4.46. The Hall–Kier alpha value is -1.14. The summed E-state index contributed by atoms with van der Waals surface area (Å²) in [5, 5.41) is 8.95. The zero-order valence-corrected chi connectivity index (χ0v) is 11.9. The molecule has 0 bridgehead atoms. The summed E-state index contributed by atoms with van der Waals surface area (Å²) in [7, 11) is 0. The molecule has 1 aliphatic rings. The van der Waals surface area contributed by atoms with E-state index in [0.717, 1.165) is 48.6 Å². The van der Waals surface area contributed by atoms with E-state index in [-0.39, 0.29) is 0 Å². The van der Waals surface area contributed by atoms with Crippen molar-refractivity contribution in [2.45, 2.75) is 26.3 Å². The molecule has 2 aromatic heterocycles. The fourth-order valence-electron chi connectivity index (χ4n) is 2.17. The van der Waals surface area contributed by atoms with Gasteiger partial charge in [-0.1, -0.05) is 0 Å². The maximum Gasteiger partial charge on any atom is 0.113 e. The number of aryl methyl sites for hydroxylation is 1. The van der Waals surface area contributed by atoms with Gasteiger partial charge in [0.1, 0.15) is 10.3 Å². The molecular formula is C12H15BrN4O. The van der Waals surface area contributed by atoms with Crippen molar-refractivity contribution in [1.29, 1.82) is 0 Å². The molecule has 18 heavy (non-hydrogen) atoms. The molecule has 0 aromatic carbocycles. The number of halogens is 1. The van der Waals surface area contributed by atoms with E-state index in [4.69, 9.17) is 4.74 Å². The van der Waals surface area contributed by atoms with Gasteiger partial charge in [0.05, 0.1) is 31.3 Å². The van der Waals surface area contributed by atoms with Crippen LogP contribution in [0.15, 0.2) is 17.0 Å². The van der Waals surface area contributed by atoms with Crippen molar-refractivity contribution in [3.63, 3.8) is 0 Å². The highest BCUT2D eigenvalue weighted by molar-refractivity contribution is 9.10. The molecule has 0 spiro atoms. The van der Waals surface area contributed by atoms with Crippen LogP contribution in [0.3, 0.4) is 0 Å². The van der Waals surface area contributed by atoms with Gasteiger partial charge in [0.25, 0.3) is 0 Å². The summed E-state index contributed by atoms with van der Waals surface area (Å²) in [5.74, 6) is 0. The first-order valence-corrected chi connectivity index (χ1v) is 6.95. The van der Waals surface area contributed by atoms with Crippen molar-refractivity contribution in [2.75, 3.05) is 13.2 Å². The first-order valence-electron chi connectivity index (χ1n) is 6.16. The normalized spacial score (nSPS) is 15.4. The lowest BCUT2D eigenvalue weighted by Gasteiger charge is -2.01. The maximum absolute atomic E-state index is 5.47. The monoisotopic (exact) mass is 310 g/mol. The van der Waals surface area contributed by atoms with E-state index in [1.807, 2.05) is 21.8 Å². The highest BCUT2D eigenvalue weighted by atomic mass is 79.9. The quantitative estimate of drug-likeness (QED) is 0.852. The molecule has 96 valence electrons. The van der Waals surface area contributed by atoms with Crippen molar-refractivity contribution >= 4 is 15.9 Å². The van der Waals surface area contributed by atoms with Gasteiger partial charge in [0.15, 0.2) is 0 Å². The van der Waals surface area contributed by atoms with Crippen molar-refractivity contribution in [3.05, 3.63) is 28.3 Å². The van der Waals surface area contributed by atoms with Crippen molar-refractivity contribution in [1.82, 2.24) is 19.6 Å². The number of rotatable bonds is 2. The molecule has 0 N–H and O–H groups in total. The molecule has 1 aliphatic heterocycles. The molecule has 2 aromatic rings. The van der Waals surface area contributed by atoms with E-state index in [2.05, 4.69) is 33.1 Å². The summed E-state index contributed by atoms with van der Waals surface area (Å²) in [6, 6.07) is 0. The van der Waals surface area contributed by atoms with Gasteiger partial charge in [0.2, 0.25) is 0 Å². The molecular weight excluding hydrogens is 296 g/mol.